The van der Waals surface area contributed by atoms with E-state index in [0.29, 0.717) is 13.2 Å². The molecule has 15 heavy (non-hydrogen) atoms. The van der Waals surface area contributed by atoms with Crippen LogP contribution in [-0.4, -0.2) is 39.1 Å². The normalized spacial score (nSPS) is 15.2. The van der Waals surface area contributed by atoms with E-state index in [0.717, 1.165) is 13.0 Å². The van der Waals surface area contributed by atoms with E-state index in [9.17, 15) is 0 Å². The van der Waals surface area contributed by atoms with Gasteiger partial charge in [0.15, 0.2) is 0 Å². The number of hydrogen-bond acceptors (Lipinski definition) is 3. The molecule has 0 bridgehead atoms. The molecule has 92 valence electrons. The van der Waals surface area contributed by atoms with Gasteiger partial charge in [0.1, 0.15) is 0 Å². The van der Waals surface area contributed by atoms with Gasteiger partial charge in [0, 0.05) is 13.7 Å². The van der Waals surface area contributed by atoms with Crippen molar-refractivity contribution in [1.82, 2.24) is 0 Å². The number of methoxy groups -OCH3 is 1. The van der Waals surface area contributed by atoms with Crippen molar-refractivity contribution in [2.75, 3.05) is 26.9 Å². The van der Waals surface area contributed by atoms with Crippen LogP contribution in [0, 0.1) is 0 Å². The Hall–Kier alpha value is -0.120. The van der Waals surface area contributed by atoms with Gasteiger partial charge in [0.2, 0.25) is 0 Å². The summed E-state index contributed by atoms with van der Waals surface area (Å²) in [5.74, 6) is 0. The summed E-state index contributed by atoms with van der Waals surface area (Å²) >= 11 is 0. The molecule has 0 aromatic heterocycles. The van der Waals surface area contributed by atoms with Gasteiger partial charge in [-0.1, -0.05) is 19.8 Å². The second kappa shape index (κ2) is 10.4. The Morgan fingerprint density at radius 3 is 2.20 bits per heavy atom. The lowest BCUT2D eigenvalue weighted by atomic mass is 10.3. The fraction of sp³-hybridized carbons (Fsp3) is 1.00. The highest BCUT2D eigenvalue weighted by Gasteiger charge is 2.06. The molecular formula is C12H26O3. The van der Waals surface area contributed by atoms with E-state index in [1.54, 1.807) is 7.11 Å². The maximum atomic E-state index is 5.61. The first-order chi connectivity index (χ1) is 7.20. The Balaban J connectivity index is 3.28. The van der Waals surface area contributed by atoms with Crippen molar-refractivity contribution in [2.45, 2.75) is 52.2 Å². The van der Waals surface area contributed by atoms with Crippen molar-refractivity contribution >= 4 is 0 Å². The zero-order valence-electron chi connectivity index (χ0n) is 10.6. The first kappa shape index (κ1) is 14.9. The molecule has 2 atom stereocenters. The van der Waals surface area contributed by atoms with E-state index >= 15 is 0 Å². The second-order valence-corrected chi connectivity index (χ2v) is 3.99. The van der Waals surface area contributed by atoms with E-state index in [1.165, 1.54) is 12.8 Å². The summed E-state index contributed by atoms with van der Waals surface area (Å²) in [5, 5.41) is 0. The molecule has 0 spiro atoms. The maximum Gasteiger partial charge on any atom is 0.0781 e. The fourth-order valence-electron chi connectivity index (χ4n) is 1.27. The minimum absolute atomic E-state index is 0.150. The summed E-state index contributed by atoms with van der Waals surface area (Å²) in [6.45, 7) is 8.38. The Morgan fingerprint density at radius 1 is 0.933 bits per heavy atom. The highest BCUT2D eigenvalue weighted by molar-refractivity contribution is 4.52. The van der Waals surface area contributed by atoms with Gasteiger partial charge in [-0.15, -0.1) is 0 Å². The van der Waals surface area contributed by atoms with Crippen molar-refractivity contribution in [1.29, 1.82) is 0 Å². The summed E-state index contributed by atoms with van der Waals surface area (Å²) < 4.78 is 16.1. The fourth-order valence-corrected chi connectivity index (χ4v) is 1.27. The molecule has 0 aliphatic heterocycles. The molecule has 0 rings (SSSR count). The highest BCUT2D eigenvalue weighted by atomic mass is 16.6. The van der Waals surface area contributed by atoms with Crippen LogP contribution in [-0.2, 0) is 14.2 Å². The molecule has 0 aromatic rings. The molecule has 0 saturated carbocycles. The molecule has 0 aliphatic rings. The third kappa shape index (κ3) is 10.2. The lowest BCUT2D eigenvalue weighted by Gasteiger charge is -2.17. The molecule has 0 aromatic carbocycles. The van der Waals surface area contributed by atoms with E-state index in [1.807, 2.05) is 13.8 Å². The quantitative estimate of drug-likeness (QED) is 0.528. The average Bonchev–Trinajstić information content (AvgIpc) is 2.22. The molecule has 0 saturated heterocycles. The Bertz CT molecular complexity index is 128. The summed E-state index contributed by atoms with van der Waals surface area (Å²) in [7, 11) is 1.69. The molecule has 0 heterocycles. The highest BCUT2D eigenvalue weighted by Crippen LogP contribution is 2.00. The number of hydrogen-bond donors (Lipinski definition) is 0. The molecule has 0 fully saturated rings. The minimum atomic E-state index is 0.150. The summed E-state index contributed by atoms with van der Waals surface area (Å²) in [4.78, 5) is 0. The molecule has 3 nitrogen and oxygen atoms in total. The lowest BCUT2D eigenvalue weighted by molar-refractivity contribution is -0.0514. The standard InChI is InChI=1S/C12H26O3/c1-5-6-7-8-14-12(3)10-15-11(2)9-13-4/h11-12H,5-10H2,1-4H3. The SMILES string of the molecule is CCCCCOC(C)COC(C)COC. The van der Waals surface area contributed by atoms with E-state index in [2.05, 4.69) is 6.92 Å². The second-order valence-electron chi connectivity index (χ2n) is 3.99. The number of rotatable bonds is 10. The van der Waals surface area contributed by atoms with Crippen LogP contribution in [0.2, 0.25) is 0 Å². The Labute approximate surface area is 94.1 Å². The van der Waals surface area contributed by atoms with E-state index in [4.69, 9.17) is 14.2 Å². The topological polar surface area (TPSA) is 27.7 Å². The average molecular weight is 218 g/mol. The summed E-state index contributed by atoms with van der Waals surface area (Å²) in [6.07, 6.45) is 3.96. The minimum Gasteiger partial charge on any atom is -0.382 e. The van der Waals surface area contributed by atoms with Gasteiger partial charge < -0.3 is 14.2 Å². The Kier molecular flexibility index (Phi) is 10.3. The zero-order chi connectivity index (χ0) is 11.5. The van der Waals surface area contributed by atoms with Gasteiger partial charge in [-0.05, 0) is 20.3 Å². The third-order valence-corrected chi connectivity index (χ3v) is 2.17. The Morgan fingerprint density at radius 2 is 1.60 bits per heavy atom. The first-order valence-corrected chi connectivity index (χ1v) is 5.92. The van der Waals surface area contributed by atoms with Gasteiger partial charge in [0.05, 0.1) is 25.4 Å². The van der Waals surface area contributed by atoms with Gasteiger partial charge in [-0.25, -0.2) is 0 Å². The van der Waals surface area contributed by atoms with Crippen LogP contribution in [0.1, 0.15) is 40.0 Å². The van der Waals surface area contributed by atoms with Crippen LogP contribution in [0.3, 0.4) is 0 Å². The predicted octanol–water partition coefficient (Wildman–Crippen LogP) is 2.63. The molecule has 0 aliphatic carbocycles. The van der Waals surface area contributed by atoms with Crippen molar-refractivity contribution in [3.8, 4) is 0 Å². The maximum absolute atomic E-state index is 5.61. The molecule has 2 unspecified atom stereocenters. The molecular weight excluding hydrogens is 192 g/mol. The monoisotopic (exact) mass is 218 g/mol. The van der Waals surface area contributed by atoms with E-state index in [-0.39, 0.29) is 12.2 Å². The van der Waals surface area contributed by atoms with Crippen molar-refractivity contribution in [3.63, 3.8) is 0 Å². The van der Waals surface area contributed by atoms with Crippen LogP contribution >= 0.6 is 0 Å². The molecule has 3 heteroatoms. The van der Waals surface area contributed by atoms with Crippen molar-refractivity contribution in [2.24, 2.45) is 0 Å². The van der Waals surface area contributed by atoms with Crippen molar-refractivity contribution < 1.29 is 14.2 Å². The van der Waals surface area contributed by atoms with Crippen LogP contribution in [0.15, 0.2) is 0 Å². The van der Waals surface area contributed by atoms with Crippen LogP contribution in [0.5, 0.6) is 0 Å². The summed E-state index contributed by atoms with van der Waals surface area (Å²) in [6, 6.07) is 0. The smallest absolute Gasteiger partial charge is 0.0781 e. The van der Waals surface area contributed by atoms with Crippen LogP contribution in [0.4, 0.5) is 0 Å². The van der Waals surface area contributed by atoms with E-state index < -0.39 is 0 Å². The van der Waals surface area contributed by atoms with Gasteiger partial charge in [-0.3, -0.25) is 0 Å². The first-order valence-electron chi connectivity index (χ1n) is 5.92. The van der Waals surface area contributed by atoms with Gasteiger partial charge in [0.25, 0.3) is 0 Å². The van der Waals surface area contributed by atoms with Gasteiger partial charge >= 0.3 is 0 Å². The third-order valence-electron chi connectivity index (χ3n) is 2.17. The van der Waals surface area contributed by atoms with Gasteiger partial charge in [-0.2, -0.15) is 0 Å². The number of ether oxygens (including phenoxy) is 3. The van der Waals surface area contributed by atoms with Crippen LogP contribution in [0.25, 0.3) is 0 Å². The van der Waals surface area contributed by atoms with Crippen molar-refractivity contribution in [3.05, 3.63) is 0 Å². The molecule has 0 N–H and O–H groups in total. The predicted molar refractivity (Wildman–Crippen MR) is 62.2 cm³/mol. The molecule has 0 amide bonds. The zero-order valence-corrected chi connectivity index (χ0v) is 10.6. The van der Waals surface area contributed by atoms with Crippen LogP contribution < -0.4 is 0 Å². The summed E-state index contributed by atoms with van der Waals surface area (Å²) in [5.41, 5.74) is 0. The largest absolute Gasteiger partial charge is 0.382 e. The number of unbranched alkanes of at least 4 members (excludes halogenated alkanes) is 2. The lowest BCUT2D eigenvalue weighted by Crippen LogP contribution is -2.23. The molecule has 0 radical (unpaired) electrons.